The molecule has 22 heavy (non-hydrogen) atoms. The number of hydrogen-bond donors (Lipinski definition) is 1. The molecule has 0 spiro atoms. The van der Waals surface area contributed by atoms with Crippen LogP contribution in [0.5, 0.6) is 0 Å². The summed E-state index contributed by atoms with van der Waals surface area (Å²) in [7, 11) is -1.35. The third kappa shape index (κ3) is 4.49. The van der Waals surface area contributed by atoms with Crippen LogP contribution in [0.4, 0.5) is 0 Å². The van der Waals surface area contributed by atoms with Crippen molar-refractivity contribution in [3.63, 3.8) is 0 Å². The van der Waals surface area contributed by atoms with E-state index in [1.807, 2.05) is 44.2 Å². The summed E-state index contributed by atoms with van der Waals surface area (Å²) in [6.45, 7) is 4.63. The number of rotatable bonds is 6. The molecule has 0 aliphatic carbocycles. The molecule has 1 amide bonds. The SMILES string of the molecule is CC(C)CNC(=O)c1cccnc1S(=O)Cc1ccccc1. The maximum atomic E-state index is 12.5. The van der Waals surface area contributed by atoms with Crippen LogP contribution in [0.25, 0.3) is 0 Å². The summed E-state index contributed by atoms with van der Waals surface area (Å²) in [4.78, 5) is 16.4. The largest absolute Gasteiger partial charge is 0.352 e. The molecule has 116 valence electrons. The van der Waals surface area contributed by atoms with Gasteiger partial charge in [-0.15, -0.1) is 0 Å². The van der Waals surface area contributed by atoms with Crippen LogP contribution in [0.15, 0.2) is 53.7 Å². The van der Waals surface area contributed by atoms with Crippen LogP contribution in [0.2, 0.25) is 0 Å². The average Bonchev–Trinajstić information content (AvgIpc) is 2.53. The van der Waals surface area contributed by atoms with E-state index >= 15 is 0 Å². The number of nitrogens with zero attached hydrogens (tertiary/aromatic N) is 1. The molecule has 1 aromatic carbocycles. The Bertz CT molecular complexity index is 657. The molecule has 0 aliphatic rings. The first-order valence-electron chi connectivity index (χ1n) is 7.23. The summed E-state index contributed by atoms with van der Waals surface area (Å²) in [6.07, 6.45) is 1.57. The number of carbonyl (C=O) groups is 1. The van der Waals surface area contributed by atoms with Crippen molar-refractivity contribution in [2.24, 2.45) is 5.92 Å². The van der Waals surface area contributed by atoms with Crippen molar-refractivity contribution in [2.45, 2.75) is 24.6 Å². The maximum Gasteiger partial charge on any atom is 0.254 e. The number of benzene rings is 1. The van der Waals surface area contributed by atoms with Gasteiger partial charge < -0.3 is 5.32 Å². The van der Waals surface area contributed by atoms with E-state index in [1.54, 1.807) is 18.3 Å². The van der Waals surface area contributed by atoms with Gasteiger partial charge in [-0.25, -0.2) is 4.98 Å². The molecule has 0 radical (unpaired) electrons. The third-order valence-electron chi connectivity index (χ3n) is 3.04. The van der Waals surface area contributed by atoms with Gasteiger partial charge in [0.25, 0.3) is 5.91 Å². The van der Waals surface area contributed by atoms with Crippen molar-refractivity contribution in [2.75, 3.05) is 6.54 Å². The summed E-state index contributed by atoms with van der Waals surface area (Å²) < 4.78 is 12.5. The fraction of sp³-hybridized carbons (Fsp3) is 0.294. The number of amides is 1. The molecule has 1 N–H and O–H groups in total. The van der Waals surface area contributed by atoms with Crippen molar-refractivity contribution in [1.82, 2.24) is 10.3 Å². The first kappa shape index (κ1) is 16.4. The molecule has 0 saturated heterocycles. The zero-order chi connectivity index (χ0) is 15.9. The summed E-state index contributed by atoms with van der Waals surface area (Å²) in [6, 6.07) is 12.9. The fourth-order valence-electron chi connectivity index (χ4n) is 1.93. The molecule has 0 fully saturated rings. The van der Waals surface area contributed by atoms with Gasteiger partial charge >= 0.3 is 0 Å². The highest BCUT2D eigenvalue weighted by atomic mass is 32.2. The van der Waals surface area contributed by atoms with Gasteiger partial charge in [0.15, 0.2) is 0 Å². The molecular weight excluding hydrogens is 296 g/mol. The average molecular weight is 316 g/mol. The van der Waals surface area contributed by atoms with Crippen LogP contribution < -0.4 is 5.32 Å². The van der Waals surface area contributed by atoms with E-state index in [1.165, 1.54) is 0 Å². The molecule has 1 atom stereocenters. The van der Waals surface area contributed by atoms with Gasteiger partial charge in [-0.2, -0.15) is 0 Å². The van der Waals surface area contributed by atoms with Crippen molar-refractivity contribution in [1.29, 1.82) is 0 Å². The summed E-state index contributed by atoms with van der Waals surface area (Å²) in [5, 5.41) is 3.18. The zero-order valence-corrected chi connectivity index (χ0v) is 13.6. The van der Waals surface area contributed by atoms with Crippen molar-refractivity contribution < 1.29 is 9.00 Å². The second kappa shape index (κ2) is 7.84. The van der Waals surface area contributed by atoms with E-state index in [0.29, 0.717) is 28.8 Å². The Hall–Kier alpha value is -2.01. The molecule has 0 aliphatic heterocycles. The van der Waals surface area contributed by atoms with Gasteiger partial charge in [-0.05, 0) is 23.6 Å². The molecule has 1 aromatic heterocycles. The standard InChI is InChI=1S/C17H20N2O2S/c1-13(2)11-19-16(20)15-9-6-10-18-17(15)22(21)12-14-7-4-3-5-8-14/h3-10,13H,11-12H2,1-2H3,(H,19,20). The molecule has 4 nitrogen and oxygen atoms in total. The molecule has 0 saturated carbocycles. The van der Waals surface area contributed by atoms with Crippen LogP contribution in [-0.2, 0) is 16.6 Å². The monoisotopic (exact) mass is 316 g/mol. The van der Waals surface area contributed by atoms with Crippen molar-refractivity contribution in [3.05, 3.63) is 59.8 Å². The van der Waals surface area contributed by atoms with Crippen molar-refractivity contribution >= 4 is 16.7 Å². The molecule has 1 unspecified atom stereocenters. The molecular formula is C17H20N2O2S. The molecule has 2 rings (SSSR count). The van der Waals surface area contributed by atoms with Gasteiger partial charge in [-0.3, -0.25) is 9.00 Å². The Morgan fingerprint density at radius 1 is 1.18 bits per heavy atom. The second-order valence-corrected chi connectivity index (χ2v) is 6.80. The number of nitrogens with one attached hydrogen (secondary N) is 1. The normalized spacial score (nSPS) is 12.1. The van der Waals surface area contributed by atoms with Crippen molar-refractivity contribution in [3.8, 4) is 0 Å². The Morgan fingerprint density at radius 3 is 2.59 bits per heavy atom. The molecule has 2 aromatic rings. The highest BCUT2D eigenvalue weighted by molar-refractivity contribution is 7.84. The van der Waals surface area contributed by atoms with E-state index in [-0.39, 0.29) is 5.91 Å². The quantitative estimate of drug-likeness (QED) is 0.891. The minimum absolute atomic E-state index is 0.224. The minimum Gasteiger partial charge on any atom is -0.352 e. The van der Waals surface area contributed by atoms with E-state index in [0.717, 1.165) is 5.56 Å². The highest BCUT2D eigenvalue weighted by Crippen LogP contribution is 2.15. The Morgan fingerprint density at radius 2 is 1.91 bits per heavy atom. The van der Waals surface area contributed by atoms with Crippen LogP contribution in [0.1, 0.15) is 29.8 Å². The highest BCUT2D eigenvalue weighted by Gasteiger charge is 2.17. The number of hydrogen-bond acceptors (Lipinski definition) is 3. The summed E-state index contributed by atoms with van der Waals surface area (Å²) in [5.41, 5.74) is 1.34. The van der Waals surface area contributed by atoms with E-state index in [2.05, 4.69) is 10.3 Å². The number of carbonyl (C=O) groups excluding carboxylic acids is 1. The molecule has 1 heterocycles. The predicted molar refractivity (Wildman–Crippen MR) is 88.0 cm³/mol. The lowest BCUT2D eigenvalue weighted by Gasteiger charge is -2.10. The second-order valence-electron chi connectivity index (χ2n) is 5.44. The van der Waals surface area contributed by atoms with Crippen LogP contribution in [0.3, 0.4) is 0 Å². The lowest BCUT2D eigenvalue weighted by molar-refractivity contribution is 0.0945. The Balaban J connectivity index is 2.17. The number of aromatic nitrogens is 1. The Kier molecular flexibility index (Phi) is 5.83. The van der Waals surface area contributed by atoms with E-state index < -0.39 is 10.8 Å². The lowest BCUT2D eigenvalue weighted by Crippen LogP contribution is -2.28. The van der Waals surface area contributed by atoms with Gasteiger partial charge in [0.1, 0.15) is 5.03 Å². The van der Waals surface area contributed by atoms with Crippen LogP contribution >= 0.6 is 0 Å². The first-order valence-corrected chi connectivity index (χ1v) is 8.55. The number of pyridine rings is 1. The smallest absolute Gasteiger partial charge is 0.254 e. The fourth-order valence-corrected chi connectivity index (χ4v) is 3.15. The zero-order valence-electron chi connectivity index (χ0n) is 12.8. The van der Waals surface area contributed by atoms with Crippen LogP contribution in [-0.4, -0.2) is 21.6 Å². The predicted octanol–water partition coefficient (Wildman–Crippen LogP) is 2.78. The molecule has 0 bridgehead atoms. The van der Waals surface area contributed by atoms with Gasteiger partial charge in [0, 0.05) is 12.7 Å². The molecule has 5 heteroatoms. The summed E-state index contributed by atoms with van der Waals surface area (Å²) >= 11 is 0. The first-order chi connectivity index (χ1) is 10.6. The van der Waals surface area contributed by atoms with Crippen LogP contribution in [0, 0.1) is 5.92 Å². The summed E-state index contributed by atoms with van der Waals surface area (Å²) in [5.74, 6) is 0.486. The van der Waals surface area contributed by atoms with Gasteiger partial charge in [-0.1, -0.05) is 44.2 Å². The minimum atomic E-state index is -1.35. The maximum absolute atomic E-state index is 12.5. The van der Waals surface area contributed by atoms with Gasteiger partial charge in [0.05, 0.1) is 22.1 Å². The topological polar surface area (TPSA) is 59.1 Å². The Labute approximate surface area is 133 Å². The van der Waals surface area contributed by atoms with E-state index in [4.69, 9.17) is 0 Å². The van der Waals surface area contributed by atoms with Gasteiger partial charge in [0.2, 0.25) is 0 Å². The third-order valence-corrected chi connectivity index (χ3v) is 4.40. The lowest BCUT2D eigenvalue weighted by atomic mass is 10.2. The van der Waals surface area contributed by atoms with E-state index in [9.17, 15) is 9.00 Å².